The average Bonchev–Trinajstić information content (AvgIpc) is 2.24. The molecule has 0 aliphatic heterocycles. The van der Waals surface area contributed by atoms with Gasteiger partial charge in [-0.3, -0.25) is 0 Å². The lowest BCUT2D eigenvalue weighted by Gasteiger charge is -2.18. The molecule has 0 fully saturated rings. The van der Waals surface area contributed by atoms with Gasteiger partial charge in [0.25, 0.3) is 0 Å². The number of hydrogen-bond acceptors (Lipinski definition) is 2. The third-order valence-corrected chi connectivity index (χ3v) is 2.86. The Morgan fingerprint density at radius 1 is 1.39 bits per heavy atom. The monoisotopic (exact) mass is 310 g/mol. The van der Waals surface area contributed by atoms with E-state index in [0.717, 1.165) is 16.5 Å². The summed E-state index contributed by atoms with van der Waals surface area (Å²) >= 11 is 3.44. The molecule has 0 bridgehead atoms. The molecular weight excluding hydrogens is 292 g/mol. The van der Waals surface area contributed by atoms with Crippen LogP contribution in [-0.4, -0.2) is 11.6 Å². The van der Waals surface area contributed by atoms with Crippen LogP contribution in [0.5, 0.6) is 0 Å². The maximum absolute atomic E-state index is 11.6. The molecule has 98 valence electrons. The number of esters is 1. The summed E-state index contributed by atoms with van der Waals surface area (Å²) in [5, 5.41) is 0.765. The molecule has 0 aliphatic rings. The van der Waals surface area contributed by atoms with E-state index in [-0.39, 0.29) is 5.97 Å². The highest BCUT2D eigenvalue weighted by Crippen LogP contribution is 2.17. The van der Waals surface area contributed by atoms with Crippen LogP contribution >= 0.6 is 15.9 Å². The highest BCUT2D eigenvalue weighted by molar-refractivity contribution is 9.08. The number of rotatable bonds is 3. The van der Waals surface area contributed by atoms with Crippen LogP contribution in [0.15, 0.2) is 24.3 Å². The Morgan fingerprint density at radius 3 is 2.61 bits per heavy atom. The van der Waals surface area contributed by atoms with E-state index in [1.165, 1.54) is 11.6 Å². The summed E-state index contributed by atoms with van der Waals surface area (Å²) in [6.07, 6.45) is 3.28. The van der Waals surface area contributed by atoms with Crippen molar-refractivity contribution < 1.29 is 9.53 Å². The van der Waals surface area contributed by atoms with E-state index in [4.69, 9.17) is 4.74 Å². The van der Waals surface area contributed by atoms with E-state index >= 15 is 0 Å². The summed E-state index contributed by atoms with van der Waals surface area (Å²) < 4.78 is 5.23. The molecule has 0 aromatic heterocycles. The van der Waals surface area contributed by atoms with E-state index in [1.807, 2.05) is 27.7 Å². The SMILES string of the molecule is Cc1ccc(CBr)c(C=CC(=O)OC(C)(C)C)c1. The minimum atomic E-state index is -0.452. The molecule has 0 saturated carbocycles. The normalized spacial score (nSPS) is 11.8. The molecule has 0 unspecified atom stereocenters. The molecule has 0 aliphatic carbocycles. The van der Waals surface area contributed by atoms with Gasteiger partial charge < -0.3 is 4.74 Å². The van der Waals surface area contributed by atoms with Crippen molar-refractivity contribution in [1.29, 1.82) is 0 Å². The highest BCUT2D eigenvalue weighted by Gasteiger charge is 2.13. The van der Waals surface area contributed by atoms with Crippen molar-refractivity contribution in [3.63, 3.8) is 0 Å². The van der Waals surface area contributed by atoms with Crippen LogP contribution in [0.3, 0.4) is 0 Å². The van der Waals surface area contributed by atoms with Crippen molar-refractivity contribution >= 4 is 28.0 Å². The first-order chi connectivity index (χ1) is 8.31. The van der Waals surface area contributed by atoms with Crippen molar-refractivity contribution in [1.82, 2.24) is 0 Å². The largest absolute Gasteiger partial charge is 0.457 e. The Labute approximate surface area is 117 Å². The minimum Gasteiger partial charge on any atom is -0.457 e. The van der Waals surface area contributed by atoms with Crippen molar-refractivity contribution in [2.24, 2.45) is 0 Å². The van der Waals surface area contributed by atoms with E-state index in [1.54, 1.807) is 6.08 Å². The lowest BCUT2D eigenvalue weighted by atomic mass is 10.1. The number of aryl methyl sites for hydroxylation is 1. The van der Waals surface area contributed by atoms with Crippen LogP contribution in [-0.2, 0) is 14.9 Å². The van der Waals surface area contributed by atoms with Gasteiger partial charge in [-0.25, -0.2) is 4.79 Å². The van der Waals surface area contributed by atoms with Gasteiger partial charge in [0.15, 0.2) is 0 Å². The summed E-state index contributed by atoms with van der Waals surface area (Å²) in [6.45, 7) is 7.60. The molecule has 1 aromatic carbocycles. The van der Waals surface area contributed by atoms with Crippen molar-refractivity contribution in [3.05, 3.63) is 41.0 Å². The van der Waals surface area contributed by atoms with Gasteiger partial charge in [0.1, 0.15) is 5.60 Å². The predicted octanol–water partition coefficient (Wildman–Crippen LogP) is 4.24. The van der Waals surface area contributed by atoms with Crippen molar-refractivity contribution in [2.75, 3.05) is 0 Å². The van der Waals surface area contributed by atoms with E-state index < -0.39 is 5.60 Å². The third kappa shape index (κ3) is 5.05. The molecule has 2 nitrogen and oxygen atoms in total. The zero-order chi connectivity index (χ0) is 13.8. The van der Waals surface area contributed by atoms with Gasteiger partial charge in [0.2, 0.25) is 0 Å². The number of hydrogen-bond donors (Lipinski definition) is 0. The van der Waals surface area contributed by atoms with Gasteiger partial charge in [-0.2, -0.15) is 0 Å². The number of halogens is 1. The van der Waals surface area contributed by atoms with E-state index in [0.29, 0.717) is 0 Å². The van der Waals surface area contributed by atoms with Crippen LogP contribution in [0.4, 0.5) is 0 Å². The van der Waals surface area contributed by atoms with Gasteiger partial charge in [-0.15, -0.1) is 0 Å². The molecule has 1 aromatic rings. The van der Waals surface area contributed by atoms with Crippen LogP contribution in [0, 0.1) is 6.92 Å². The first-order valence-corrected chi connectivity index (χ1v) is 7.00. The Kier molecular flexibility index (Phi) is 5.15. The number of alkyl halides is 1. The van der Waals surface area contributed by atoms with Gasteiger partial charge in [0, 0.05) is 11.4 Å². The summed E-state index contributed by atoms with van der Waals surface area (Å²) in [5.41, 5.74) is 2.91. The number of benzene rings is 1. The van der Waals surface area contributed by atoms with Crippen LogP contribution in [0.2, 0.25) is 0 Å². The first-order valence-electron chi connectivity index (χ1n) is 5.88. The maximum Gasteiger partial charge on any atom is 0.331 e. The second kappa shape index (κ2) is 6.19. The second-order valence-corrected chi connectivity index (χ2v) is 5.76. The Morgan fingerprint density at radius 2 is 2.06 bits per heavy atom. The smallest absolute Gasteiger partial charge is 0.331 e. The summed E-state index contributed by atoms with van der Waals surface area (Å²) in [4.78, 5) is 11.6. The lowest BCUT2D eigenvalue weighted by molar-refractivity contribution is -0.148. The maximum atomic E-state index is 11.6. The van der Waals surface area contributed by atoms with Gasteiger partial charge >= 0.3 is 5.97 Å². The zero-order valence-corrected chi connectivity index (χ0v) is 12.9. The molecular formula is C15H19BrO2. The first kappa shape index (κ1) is 15.0. The Balaban J connectivity index is 2.84. The van der Waals surface area contributed by atoms with Crippen molar-refractivity contribution in [3.8, 4) is 0 Å². The number of carbonyl (C=O) groups is 1. The average molecular weight is 311 g/mol. The fraction of sp³-hybridized carbons (Fsp3) is 0.400. The minimum absolute atomic E-state index is 0.315. The predicted molar refractivity (Wildman–Crippen MR) is 78.7 cm³/mol. The van der Waals surface area contributed by atoms with Gasteiger partial charge in [0.05, 0.1) is 0 Å². The molecule has 0 radical (unpaired) electrons. The molecule has 3 heteroatoms. The van der Waals surface area contributed by atoms with Crippen molar-refractivity contribution in [2.45, 2.75) is 38.6 Å². The summed E-state index contributed by atoms with van der Waals surface area (Å²) in [5.74, 6) is -0.315. The molecule has 0 N–H and O–H groups in total. The van der Waals surface area contributed by atoms with E-state index in [2.05, 4.69) is 34.1 Å². The fourth-order valence-electron chi connectivity index (χ4n) is 1.48. The number of carbonyl (C=O) groups excluding carboxylic acids is 1. The lowest BCUT2D eigenvalue weighted by Crippen LogP contribution is -2.22. The van der Waals surface area contributed by atoms with E-state index in [9.17, 15) is 4.79 Å². The summed E-state index contributed by atoms with van der Waals surface area (Å²) in [7, 11) is 0. The topological polar surface area (TPSA) is 26.3 Å². The van der Waals surface area contributed by atoms with Gasteiger partial charge in [-0.1, -0.05) is 39.7 Å². The van der Waals surface area contributed by atoms with Gasteiger partial charge in [-0.05, 0) is 44.9 Å². The zero-order valence-electron chi connectivity index (χ0n) is 11.3. The van der Waals surface area contributed by atoms with Crippen LogP contribution < -0.4 is 0 Å². The molecule has 1 rings (SSSR count). The number of ether oxygens (including phenoxy) is 1. The molecule has 18 heavy (non-hydrogen) atoms. The van der Waals surface area contributed by atoms with Crippen LogP contribution in [0.1, 0.15) is 37.5 Å². The molecule has 0 saturated heterocycles. The summed E-state index contributed by atoms with van der Waals surface area (Å²) in [6, 6.07) is 6.16. The fourth-order valence-corrected chi connectivity index (χ4v) is 2.00. The quantitative estimate of drug-likeness (QED) is 0.474. The standard InChI is InChI=1S/C15H19BrO2/c1-11-5-6-13(10-16)12(9-11)7-8-14(17)18-15(2,3)4/h5-9H,10H2,1-4H3. The molecule has 0 spiro atoms. The third-order valence-electron chi connectivity index (χ3n) is 2.25. The molecule has 0 heterocycles. The molecule has 0 amide bonds. The Bertz CT molecular complexity index is 456. The Hall–Kier alpha value is -1.09. The van der Waals surface area contributed by atoms with Crippen LogP contribution in [0.25, 0.3) is 6.08 Å². The molecule has 0 atom stereocenters. The highest BCUT2D eigenvalue weighted by atomic mass is 79.9. The second-order valence-electron chi connectivity index (χ2n) is 5.20.